The maximum absolute atomic E-state index is 11.4. The van der Waals surface area contributed by atoms with Crippen LogP contribution in [-0.2, 0) is 19.1 Å². The normalized spacial score (nSPS) is 28.0. The molecule has 2 unspecified atom stereocenters. The highest BCUT2D eigenvalue weighted by Crippen LogP contribution is 2.38. The lowest BCUT2D eigenvalue weighted by molar-refractivity contribution is -0.169. The monoisotopic (exact) mass is 320 g/mol. The van der Waals surface area contributed by atoms with Gasteiger partial charge in [-0.15, -0.1) is 0 Å². The topological polar surface area (TPSA) is 93.1 Å². The number of carbonyl (C=O) groups is 2. The first-order chi connectivity index (χ1) is 8.31. The molecule has 1 rings (SSSR count). The van der Waals surface area contributed by atoms with Crippen LogP contribution in [0, 0.1) is 0 Å². The van der Waals surface area contributed by atoms with E-state index in [0.717, 1.165) is 0 Å². The van der Waals surface area contributed by atoms with Crippen molar-refractivity contribution in [1.29, 1.82) is 0 Å². The Morgan fingerprint density at radius 1 is 1.39 bits per heavy atom. The van der Waals surface area contributed by atoms with Crippen LogP contribution in [0.25, 0.3) is 0 Å². The van der Waals surface area contributed by atoms with Crippen molar-refractivity contribution in [2.45, 2.75) is 18.6 Å². The highest BCUT2D eigenvalue weighted by atomic mass is 79.9. The van der Waals surface area contributed by atoms with E-state index < -0.39 is 23.6 Å². The van der Waals surface area contributed by atoms with Gasteiger partial charge in [0.05, 0.1) is 5.57 Å². The van der Waals surface area contributed by atoms with Gasteiger partial charge in [0.25, 0.3) is 0 Å². The smallest absolute Gasteiger partial charge is 0.343 e. The molecule has 0 spiro atoms. The molecule has 0 saturated carbocycles. The first kappa shape index (κ1) is 14.9. The van der Waals surface area contributed by atoms with Crippen LogP contribution in [0.4, 0.5) is 0 Å². The van der Waals surface area contributed by atoms with Crippen molar-refractivity contribution in [1.82, 2.24) is 0 Å². The lowest BCUT2D eigenvalue weighted by Gasteiger charge is -2.36. The minimum atomic E-state index is -1.84. The maximum atomic E-state index is 11.4. The Bertz CT molecular complexity index is 452. The molecule has 0 aromatic heterocycles. The van der Waals surface area contributed by atoms with Crippen LogP contribution in [0.1, 0.15) is 6.92 Å². The minimum Gasteiger partial charge on any atom is -0.479 e. The lowest BCUT2D eigenvalue weighted by Crippen LogP contribution is -2.54. The van der Waals surface area contributed by atoms with E-state index in [4.69, 9.17) is 9.47 Å². The third-order valence-electron chi connectivity index (χ3n) is 2.80. The molecule has 0 amide bonds. The molecule has 7 heteroatoms. The Morgan fingerprint density at radius 3 is 2.28 bits per heavy atom. The second kappa shape index (κ2) is 5.21. The van der Waals surface area contributed by atoms with E-state index in [2.05, 4.69) is 15.9 Å². The molecular weight excluding hydrogens is 308 g/mol. The van der Waals surface area contributed by atoms with Gasteiger partial charge in [-0.3, -0.25) is 0 Å². The Hall–Kier alpha value is -1.18. The van der Waals surface area contributed by atoms with Gasteiger partial charge < -0.3 is 19.7 Å². The van der Waals surface area contributed by atoms with E-state index in [1.165, 1.54) is 20.3 Å². The fourth-order valence-corrected chi connectivity index (χ4v) is 2.42. The molecule has 0 saturated heterocycles. The van der Waals surface area contributed by atoms with Crippen molar-refractivity contribution in [3.63, 3.8) is 0 Å². The lowest BCUT2D eigenvalue weighted by atomic mass is 9.83. The summed E-state index contributed by atoms with van der Waals surface area (Å²) in [4.78, 5) is 22.7. The Balaban J connectivity index is 3.53. The molecule has 2 N–H and O–H groups in total. The SMILES string of the molecule is COC1C(C(=O)O)=C(Br)C(C)=CC1(OC)C(=O)O. The van der Waals surface area contributed by atoms with Gasteiger partial charge in [0.15, 0.2) is 0 Å². The van der Waals surface area contributed by atoms with Gasteiger partial charge >= 0.3 is 11.9 Å². The predicted octanol–water partition coefficient (Wildman–Crippen LogP) is 1.16. The number of allylic oxidation sites excluding steroid dienone is 2. The van der Waals surface area contributed by atoms with Gasteiger partial charge in [0, 0.05) is 18.7 Å². The summed E-state index contributed by atoms with van der Waals surface area (Å²) in [5.41, 5.74) is -1.56. The van der Waals surface area contributed by atoms with E-state index >= 15 is 0 Å². The summed E-state index contributed by atoms with van der Waals surface area (Å²) in [6.07, 6.45) is 0.0931. The first-order valence-corrected chi connectivity index (χ1v) is 5.75. The Morgan fingerprint density at radius 2 is 1.94 bits per heavy atom. The van der Waals surface area contributed by atoms with Crippen molar-refractivity contribution in [3.8, 4) is 0 Å². The van der Waals surface area contributed by atoms with Crippen LogP contribution in [0.5, 0.6) is 0 Å². The second-order valence-electron chi connectivity index (χ2n) is 3.78. The molecule has 0 radical (unpaired) electrons. The van der Waals surface area contributed by atoms with E-state index in [1.807, 2.05) is 0 Å². The number of hydrogen-bond donors (Lipinski definition) is 2. The summed E-state index contributed by atoms with van der Waals surface area (Å²) < 4.78 is 10.4. The van der Waals surface area contributed by atoms with E-state index in [1.54, 1.807) is 6.92 Å². The molecule has 0 aromatic carbocycles. The molecule has 2 atom stereocenters. The third-order valence-corrected chi connectivity index (χ3v) is 3.86. The zero-order valence-corrected chi connectivity index (χ0v) is 11.6. The maximum Gasteiger partial charge on any atom is 0.343 e. The van der Waals surface area contributed by atoms with Crippen LogP contribution in [0.3, 0.4) is 0 Å². The quantitative estimate of drug-likeness (QED) is 0.807. The molecule has 0 aromatic rings. The largest absolute Gasteiger partial charge is 0.479 e. The van der Waals surface area contributed by atoms with Gasteiger partial charge in [-0.2, -0.15) is 0 Å². The summed E-state index contributed by atoms with van der Waals surface area (Å²) in [5.74, 6) is -2.57. The number of hydrogen-bond acceptors (Lipinski definition) is 4. The van der Waals surface area contributed by atoms with Gasteiger partial charge in [-0.25, -0.2) is 9.59 Å². The van der Waals surface area contributed by atoms with Gasteiger partial charge in [-0.05, 0) is 34.5 Å². The highest BCUT2D eigenvalue weighted by molar-refractivity contribution is 9.12. The number of carboxylic acids is 2. The van der Waals surface area contributed by atoms with E-state index in [9.17, 15) is 19.8 Å². The standard InChI is InChI=1S/C11H13BrO6/c1-5-4-11(18-3,10(15)16)8(17-2)6(7(5)12)9(13)14/h4,8H,1-3H3,(H,13,14)(H,15,16). The van der Waals surface area contributed by atoms with Crippen LogP contribution in [0.15, 0.2) is 21.7 Å². The highest BCUT2D eigenvalue weighted by Gasteiger charge is 2.52. The molecule has 1 aliphatic rings. The first-order valence-electron chi connectivity index (χ1n) is 4.96. The number of carboxylic acid groups (broad SMARTS) is 2. The van der Waals surface area contributed by atoms with Crippen LogP contribution >= 0.6 is 15.9 Å². The molecule has 18 heavy (non-hydrogen) atoms. The zero-order valence-electron chi connectivity index (χ0n) is 10.1. The average Bonchev–Trinajstić information content (AvgIpc) is 2.30. The van der Waals surface area contributed by atoms with Crippen molar-refractivity contribution < 1.29 is 29.3 Å². The molecule has 0 bridgehead atoms. The molecule has 100 valence electrons. The molecule has 1 aliphatic carbocycles. The molecule has 0 aliphatic heterocycles. The predicted molar refractivity (Wildman–Crippen MR) is 65.5 cm³/mol. The number of aliphatic carboxylic acids is 2. The summed E-state index contributed by atoms with van der Waals surface area (Å²) in [5, 5.41) is 18.5. The van der Waals surface area contributed by atoms with Crippen molar-refractivity contribution in [2.75, 3.05) is 14.2 Å². The fraction of sp³-hybridized carbons (Fsp3) is 0.455. The zero-order chi connectivity index (χ0) is 14.1. The van der Waals surface area contributed by atoms with Crippen molar-refractivity contribution >= 4 is 27.9 Å². The molecule has 0 fully saturated rings. The van der Waals surface area contributed by atoms with E-state index in [0.29, 0.717) is 10.1 Å². The summed E-state index contributed by atoms with van der Waals surface area (Å²) in [7, 11) is 2.43. The number of rotatable bonds is 4. The second-order valence-corrected chi connectivity index (χ2v) is 4.57. The van der Waals surface area contributed by atoms with Crippen LogP contribution in [-0.4, -0.2) is 48.1 Å². The average molecular weight is 321 g/mol. The van der Waals surface area contributed by atoms with Crippen molar-refractivity contribution in [2.24, 2.45) is 0 Å². The molecular formula is C11H13BrO6. The molecule has 6 nitrogen and oxygen atoms in total. The fourth-order valence-electron chi connectivity index (χ4n) is 1.93. The summed E-state index contributed by atoms with van der Waals surface area (Å²) in [6.45, 7) is 1.59. The van der Waals surface area contributed by atoms with Gasteiger partial charge in [-0.1, -0.05) is 0 Å². The van der Waals surface area contributed by atoms with Crippen LogP contribution < -0.4 is 0 Å². The number of ether oxygens (including phenoxy) is 2. The van der Waals surface area contributed by atoms with Crippen molar-refractivity contribution in [3.05, 3.63) is 21.7 Å². The summed E-state index contributed by atoms with van der Waals surface area (Å²) >= 11 is 3.13. The van der Waals surface area contributed by atoms with E-state index in [-0.39, 0.29) is 5.57 Å². The Labute approximate surface area is 112 Å². The van der Waals surface area contributed by atoms with Crippen LogP contribution in [0.2, 0.25) is 0 Å². The van der Waals surface area contributed by atoms with Gasteiger partial charge in [0.1, 0.15) is 6.10 Å². The number of halogens is 1. The third kappa shape index (κ3) is 2.09. The van der Waals surface area contributed by atoms with Gasteiger partial charge in [0.2, 0.25) is 5.60 Å². The summed E-state index contributed by atoms with van der Waals surface area (Å²) in [6, 6.07) is 0. The molecule has 0 heterocycles. The Kier molecular flexibility index (Phi) is 4.31. The minimum absolute atomic E-state index is 0.179. The number of methoxy groups -OCH3 is 2.